The average molecular weight is 346 g/mol. The number of para-hydroxylation sites is 1. The molecule has 0 fully saturated rings. The molecule has 106 valence electrons. The molecule has 0 aliphatic carbocycles. The summed E-state index contributed by atoms with van der Waals surface area (Å²) in [5, 5.41) is 4.31. The first-order valence-electron chi connectivity index (χ1n) is 6.46. The van der Waals surface area contributed by atoms with Crippen LogP contribution < -0.4 is 5.73 Å². The quantitative estimate of drug-likeness (QED) is 0.784. The highest BCUT2D eigenvalue weighted by molar-refractivity contribution is 9.10. The van der Waals surface area contributed by atoms with Crippen LogP contribution in [0.2, 0.25) is 0 Å². The molecule has 0 saturated heterocycles. The van der Waals surface area contributed by atoms with Crippen LogP contribution in [0.3, 0.4) is 0 Å². The van der Waals surface area contributed by atoms with Crippen molar-refractivity contribution < 1.29 is 4.39 Å². The van der Waals surface area contributed by atoms with Crippen LogP contribution in [-0.2, 0) is 0 Å². The zero-order valence-corrected chi connectivity index (χ0v) is 12.7. The first-order valence-corrected chi connectivity index (χ1v) is 7.25. The number of halogens is 2. The lowest BCUT2D eigenvalue weighted by atomic mass is 10.0. The molecule has 0 aliphatic heterocycles. The third kappa shape index (κ3) is 2.89. The molecule has 2 N–H and O–H groups in total. The molecule has 0 saturated carbocycles. The first-order chi connectivity index (χ1) is 10.1. The number of nitrogens with two attached hydrogens (primary N) is 1. The Morgan fingerprint density at radius 3 is 2.57 bits per heavy atom. The van der Waals surface area contributed by atoms with Gasteiger partial charge in [-0.1, -0.05) is 34.1 Å². The van der Waals surface area contributed by atoms with E-state index in [0.717, 1.165) is 11.4 Å². The Hall–Kier alpha value is -1.98. The maximum Gasteiger partial charge on any atom is 0.124 e. The van der Waals surface area contributed by atoms with Crippen LogP contribution in [0.15, 0.2) is 65.3 Å². The summed E-state index contributed by atoms with van der Waals surface area (Å²) in [7, 11) is 0. The lowest BCUT2D eigenvalue weighted by molar-refractivity contribution is 0.621. The lowest BCUT2D eigenvalue weighted by Crippen LogP contribution is -2.17. The summed E-state index contributed by atoms with van der Waals surface area (Å²) in [6.07, 6.45) is 1.69. The van der Waals surface area contributed by atoms with Gasteiger partial charge >= 0.3 is 0 Å². The molecular formula is C16H13BrFN3. The maximum absolute atomic E-state index is 13.5. The third-order valence-corrected chi connectivity index (χ3v) is 3.69. The van der Waals surface area contributed by atoms with Crippen LogP contribution in [0.1, 0.15) is 17.3 Å². The zero-order chi connectivity index (χ0) is 14.8. The Morgan fingerprint density at radius 1 is 1.10 bits per heavy atom. The Balaban J connectivity index is 2.03. The number of hydrogen-bond acceptors (Lipinski definition) is 2. The van der Waals surface area contributed by atoms with E-state index in [4.69, 9.17) is 5.73 Å². The summed E-state index contributed by atoms with van der Waals surface area (Å²) >= 11 is 3.29. The second kappa shape index (κ2) is 5.79. The van der Waals surface area contributed by atoms with Gasteiger partial charge in [-0.2, -0.15) is 5.10 Å². The van der Waals surface area contributed by atoms with Gasteiger partial charge in [-0.3, -0.25) is 0 Å². The minimum atomic E-state index is -0.459. The van der Waals surface area contributed by atoms with E-state index in [0.29, 0.717) is 10.0 Å². The number of aromatic nitrogens is 2. The van der Waals surface area contributed by atoms with Gasteiger partial charge in [-0.15, -0.1) is 0 Å². The van der Waals surface area contributed by atoms with E-state index in [-0.39, 0.29) is 5.82 Å². The lowest BCUT2D eigenvalue weighted by Gasteiger charge is -2.15. The predicted molar refractivity (Wildman–Crippen MR) is 83.7 cm³/mol. The molecule has 1 aromatic heterocycles. The number of nitrogens with zero attached hydrogens (tertiary/aromatic N) is 2. The zero-order valence-electron chi connectivity index (χ0n) is 11.1. The van der Waals surface area contributed by atoms with Crippen LogP contribution in [0.25, 0.3) is 5.69 Å². The Bertz CT molecular complexity index is 735. The van der Waals surface area contributed by atoms with Crippen molar-refractivity contribution in [2.75, 3.05) is 0 Å². The van der Waals surface area contributed by atoms with Gasteiger partial charge in [0.05, 0.1) is 17.4 Å². The van der Waals surface area contributed by atoms with Gasteiger partial charge in [-0.25, -0.2) is 9.07 Å². The van der Waals surface area contributed by atoms with Gasteiger partial charge in [0.1, 0.15) is 5.82 Å². The predicted octanol–water partition coefficient (Wildman–Crippen LogP) is 3.82. The van der Waals surface area contributed by atoms with Gasteiger partial charge in [0.2, 0.25) is 0 Å². The Labute approximate surface area is 130 Å². The molecule has 0 amide bonds. The SMILES string of the molecule is NC(c1cc(F)cc(Br)c1)c1ccnn1-c1ccccc1. The average Bonchev–Trinajstić information content (AvgIpc) is 2.95. The summed E-state index contributed by atoms with van der Waals surface area (Å²) in [5.41, 5.74) is 8.71. The number of benzene rings is 2. The van der Waals surface area contributed by atoms with E-state index in [2.05, 4.69) is 21.0 Å². The molecule has 21 heavy (non-hydrogen) atoms. The summed E-state index contributed by atoms with van der Waals surface area (Å²) in [4.78, 5) is 0. The second-order valence-electron chi connectivity index (χ2n) is 4.68. The molecule has 1 heterocycles. The Kier molecular flexibility index (Phi) is 3.86. The molecule has 3 aromatic rings. The molecule has 3 nitrogen and oxygen atoms in total. The van der Waals surface area contributed by atoms with E-state index in [9.17, 15) is 4.39 Å². The molecule has 1 atom stereocenters. The smallest absolute Gasteiger partial charge is 0.124 e. The van der Waals surface area contributed by atoms with Crippen molar-refractivity contribution in [1.82, 2.24) is 9.78 Å². The first kappa shape index (κ1) is 14.0. The normalized spacial score (nSPS) is 12.3. The summed E-state index contributed by atoms with van der Waals surface area (Å²) < 4.78 is 16.0. The van der Waals surface area contributed by atoms with Crippen molar-refractivity contribution in [3.05, 3.63) is 82.3 Å². The summed E-state index contributed by atoms with van der Waals surface area (Å²) in [6, 6.07) is 15.8. The standard InChI is InChI=1S/C16H13BrFN3/c17-12-8-11(9-13(18)10-12)16(19)15-6-7-20-21(15)14-4-2-1-3-5-14/h1-10,16H,19H2. The second-order valence-corrected chi connectivity index (χ2v) is 5.60. The molecule has 5 heteroatoms. The van der Waals surface area contributed by atoms with Gasteiger partial charge in [0.15, 0.2) is 0 Å². The van der Waals surface area contributed by atoms with Crippen LogP contribution in [-0.4, -0.2) is 9.78 Å². The number of rotatable bonds is 3. The van der Waals surface area contributed by atoms with Crippen LogP contribution in [0, 0.1) is 5.82 Å². The molecule has 1 unspecified atom stereocenters. The largest absolute Gasteiger partial charge is 0.319 e. The van der Waals surface area contributed by atoms with Crippen molar-refractivity contribution in [3.8, 4) is 5.69 Å². The molecule has 3 rings (SSSR count). The minimum Gasteiger partial charge on any atom is -0.319 e. The van der Waals surface area contributed by atoms with Gasteiger partial charge < -0.3 is 5.73 Å². The van der Waals surface area contributed by atoms with E-state index in [1.807, 2.05) is 42.5 Å². The Morgan fingerprint density at radius 2 is 1.86 bits per heavy atom. The number of hydrogen-bond donors (Lipinski definition) is 1. The highest BCUT2D eigenvalue weighted by Gasteiger charge is 2.16. The van der Waals surface area contributed by atoms with Crippen LogP contribution in [0.5, 0.6) is 0 Å². The highest BCUT2D eigenvalue weighted by atomic mass is 79.9. The maximum atomic E-state index is 13.5. The van der Waals surface area contributed by atoms with E-state index < -0.39 is 6.04 Å². The fourth-order valence-electron chi connectivity index (χ4n) is 2.26. The highest BCUT2D eigenvalue weighted by Crippen LogP contribution is 2.25. The van der Waals surface area contributed by atoms with Gasteiger partial charge in [0, 0.05) is 10.7 Å². The molecule has 0 spiro atoms. The van der Waals surface area contributed by atoms with E-state index in [1.54, 1.807) is 10.9 Å². The van der Waals surface area contributed by atoms with Gasteiger partial charge in [0.25, 0.3) is 0 Å². The summed E-state index contributed by atoms with van der Waals surface area (Å²) in [5.74, 6) is -0.319. The van der Waals surface area contributed by atoms with Crippen LogP contribution in [0.4, 0.5) is 4.39 Å². The molecule has 2 aromatic carbocycles. The monoisotopic (exact) mass is 345 g/mol. The fraction of sp³-hybridized carbons (Fsp3) is 0.0625. The molecule has 0 bridgehead atoms. The molecule has 0 aliphatic rings. The van der Waals surface area contributed by atoms with Crippen LogP contribution >= 0.6 is 15.9 Å². The van der Waals surface area contributed by atoms with Gasteiger partial charge in [-0.05, 0) is 42.0 Å². The van der Waals surface area contributed by atoms with E-state index >= 15 is 0 Å². The van der Waals surface area contributed by atoms with Crippen molar-refractivity contribution in [3.63, 3.8) is 0 Å². The minimum absolute atomic E-state index is 0.319. The van der Waals surface area contributed by atoms with E-state index in [1.165, 1.54) is 12.1 Å². The van der Waals surface area contributed by atoms with Crippen molar-refractivity contribution >= 4 is 15.9 Å². The topological polar surface area (TPSA) is 43.8 Å². The summed E-state index contributed by atoms with van der Waals surface area (Å²) in [6.45, 7) is 0. The van der Waals surface area contributed by atoms with Crippen molar-refractivity contribution in [2.45, 2.75) is 6.04 Å². The molecule has 0 radical (unpaired) electrons. The van der Waals surface area contributed by atoms with Crippen molar-refractivity contribution in [2.24, 2.45) is 5.73 Å². The molecular weight excluding hydrogens is 333 g/mol. The third-order valence-electron chi connectivity index (χ3n) is 3.24. The van der Waals surface area contributed by atoms with Crippen molar-refractivity contribution in [1.29, 1.82) is 0 Å². The fourth-order valence-corrected chi connectivity index (χ4v) is 2.74.